The highest BCUT2D eigenvalue weighted by molar-refractivity contribution is 7.99. The summed E-state index contributed by atoms with van der Waals surface area (Å²) in [6.45, 7) is 7.63. The highest BCUT2D eigenvalue weighted by atomic mass is 32.2. The van der Waals surface area contributed by atoms with Crippen molar-refractivity contribution >= 4 is 23.5 Å². The highest BCUT2D eigenvalue weighted by Gasteiger charge is 2.13. The second-order valence-electron chi connectivity index (χ2n) is 6.43. The molecule has 1 aliphatic heterocycles. The van der Waals surface area contributed by atoms with E-state index in [4.69, 9.17) is 0 Å². The van der Waals surface area contributed by atoms with E-state index in [0.717, 1.165) is 45.6 Å². The fourth-order valence-electron chi connectivity index (χ4n) is 2.93. The summed E-state index contributed by atoms with van der Waals surface area (Å²) >= 11 is 3.41. The number of aryl methyl sites for hydroxylation is 2. The van der Waals surface area contributed by atoms with Crippen LogP contribution in [0.15, 0.2) is 16.4 Å². The van der Waals surface area contributed by atoms with Crippen LogP contribution in [0.3, 0.4) is 0 Å². The molecule has 1 saturated heterocycles. The van der Waals surface area contributed by atoms with Crippen LogP contribution in [0.5, 0.6) is 0 Å². The summed E-state index contributed by atoms with van der Waals surface area (Å²) in [6.07, 6.45) is 4.07. The van der Waals surface area contributed by atoms with E-state index in [-0.39, 0.29) is 0 Å². The molecule has 0 unspecified atom stereocenters. The third-order valence-electron chi connectivity index (χ3n) is 4.30. The van der Waals surface area contributed by atoms with Crippen molar-refractivity contribution in [3.8, 4) is 0 Å². The molecule has 2 aromatic heterocycles. The first kappa shape index (κ1) is 18.7. The first-order chi connectivity index (χ1) is 12.1. The van der Waals surface area contributed by atoms with Crippen molar-refractivity contribution in [2.24, 2.45) is 7.05 Å². The van der Waals surface area contributed by atoms with Gasteiger partial charge >= 0.3 is 0 Å². The molecular formula is C17H26N6S2. The van der Waals surface area contributed by atoms with Crippen molar-refractivity contribution in [1.29, 1.82) is 0 Å². The van der Waals surface area contributed by atoms with Gasteiger partial charge in [-0.25, -0.2) is 9.97 Å². The van der Waals surface area contributed by atoms with E-state index < -0.39 is 0 Å². The molecule has 2 aromatic rings. The quantitative estimate of drug-likeness (QED) is 0.542. The Bertz CT molecular complexity index is 676. The van der Waals surface area contributed by atoms with Crippen molar-refractivity contribution in [3.63, 3.8) is 0 Å². The van der Waals surface area contributed by atoms with Crippen LogP contribution >= 0.6 is 23.5 Å². The maximum Gasteiger partial charge on any atom is 0.191 e. The molecule has 6 nitrogen and oxygen atoms in total. The molecule has 1 fully saturated rings. The van der Waals surface area contributed by atoms with Crippen LogP contribution in [-0.2, 0) is 12.8 Å². The van der Waals surface area contributed by atoms with Gasteiger partial charge in [0.05, 0.1) is 5.75 Å². The maximum absolute atomic E-state index is 4.47. The Labute approximate surface area is 158 Å². The second-order valence-corrected chi connectivity index (χ2v) is 8.44. The van der Waals surface area contributed by atoms with E-state index in [2.05, 4.69) is 29.6 Å². The Kier molecular flexibility index (Phi) is 6.72. The van der Waals surface area contributed by atoms with Crippen LogP contribution in [0.4, 0.5) is 0 Å². The molecule has 0 atom stereocenters. The van der Waals surface area contributed by atoms with E-state index in [1.807, 2.05) is 27.0 Å². The van der Waals surface area contributed by atoms with Crippen LogP contribution in [0.25, 0.3) is 0 Å². The largest absolute Gasteiger partial charge is 0.308 e. The molecule has 8 heteroatoms. The first-order valence-corrected chi connectivity index (χ1v) is 10.8. The average Bonchev–Trinajstić information content (AvgIpc) is 2.93. The van der Waals surface area contributed by atoms with E-state index in [1.165, 1.54) is 32.4 Å². The zero-order chi connectivity index (χ0) is 17.6. The molecule has 3 heterocycles. The second kappa shape index (κ2) is 9.00. The molecule has 136 valence electrons. The van der Waals surface area contributed by atoms with Crippen molar-refractivity contribution in [2.75, 3.05) is 25.4 Å². The Morgan fingerprint density at radius 3 is 2.44 bits per heavy atom. The lowest BCUT2D eigenvalue weighted by atomic mass is 10.1. The zero-order valence-corrected chi connectivity index (χ0v) is 16.9. The maximum atomic E-state index is 4.47. The summed E-state index contributed by atoms with van der Waals surface area (Å²) in [5.74, 6) is 2.77. The van der Waals surface area contributed by atoms with Gasteiger partial charge in [-0.3, -0.25) is 0 Å². The molecule has 0 bridgehead atoms. The molecule has 0 saturated carbocycles. The van der Waals surface area contributed by atoms with E-state index in [9.17, 15) is 0 Å². The molecule has 3 rings (SSSR count). The lowest BCUT2D eigenvalue weighted by Gasteiger charge is -2.25. The number of hydrogen-bond acceptors (Lipinski definition) is 7. The van der Waals surface area contributed by atoms with Gasteiger partial charge in [0, 0.05) is 30.7 Å². The third kappa shape index (κ3) is 5.43. The van der Waals surface area contributed by atoms with Gasteiger partial charge in [0.15, 0.2) is 10.3 Å². The minimum Gasteiger partial charge on any atom is -0.308 e. The first-order valence-electron chi connectivity index (χ1n) is 8.80. The molecule has 0 radical (unpaired) electrons. The van der Waals surface area contributed by atoms with Crippen LogP contribution < -0.4 is 0 Å². The zero-order valence-electron chi connectivity index (χ0n) is 15.2. The summed E-state index contributed by atoms with van der Waals surface area (Å²) in [7, 11) is 2.04. The third-order valence-corrected chi connectivity index (χ3v) is 6.15. The van der Waals surface area contributed by atoms with Crippen molar-refractivity contribution in [2.45, 2.75) is 49.2 Å². The highest BCUT2D eigenvalue weighted by Crippen LogP contribution is 2.22. The van der Waals surface area contributed by atoms with Gasteiger partial charge in [0.2, 0.25) is 0 Å². The number of aromatic nitrogens is 5. The smallest absolute Gasteiger partial charge is 0.191 e. The minimum absolute atomic E-state index is 0.735. The fourth-order valence-corrected chi connectivity index (χ4v) is 4.79. The predicted molar refractivity (Wildman–Crippen MR) is 103 cm³/mol. The van der Waals surface area contributed by atoms with E-state index >= 15 is 0 Å². The normalized spacial score (nSPS) is 15.6. The molecule has 0 aromatic carbocycles. The standard InChI is InChI=1S/C17H26N6S2/c1-13-11-14(2)19-16(18-13)25-12-15-20-21-17(22(15)3)24-10-9-23-7-5-4-6-8-23/h11H,4-10,12H2,1-3H3. The minimum atomic E-state index is 0.735. The SMILES string of the molecule is Cc1cc(C)nc(SCc2nnc(SCCN3CCCCC3)n2C)n1. The predicted octanol–water partition coefficient (Wildman–Crippen LogP) is 3.09. The van der Waals surface area contributed by atoms with Gasteiger partial charge in [0.1, 0.15) is 5.82 Å². The monoisotopic (exact) mass is 378 g/mol. The summed E-state index contributed by atoms with van der Waals surface area (Å²) in [4.78, 5) is 11.5. The van der Waals surface area contributed by atoms with E-state index in [1.54, 1.807) is 23.5 Å². The molecular weight excluding hydrogens is 352 g/mol. The molecule has 0 amide bonds. The van der Waals surface area contributed by atoms with Crippen molar-refractivity contribution in [3.05, 3.63) is 23.3 Å². The van der Waals surface area contributed by atoms with Crippen LogP contribution in [-0.4, -0.2) is 55.0 Å². The van der Waals surface area contributed by atoms with Crippen molar-refractivity contribution in [1.82, 2.24) is 29.6 Å². The lowest BCUT2D eigenvalue weighted by molar-refractivity contribution is 0.242. The summed E-state index contributed by atoms with van der Waals surface area (Å²) < 4.78 is 2.09. The molecule has 1 aliphatic rings. The number of hydrogen-bond donors (Lipinski definition) is 0. The number of piperidine rings is 1. The van der Waals surface area contributed by atoms with Gasteiger partial charge in [0.25, 0.3) is 0 Å². The topological polar surface area (TPSA) is 59.7 Å². The van der Waals surface area contributed by atoms with Gasteiger partial charge in [-0.1, -0.05) is 29.9 Å². The van der Waals surface area contributed by atoms with Gasteiger partial charge in [-0.15, -0.1) is 10.2 Å². The number of nitrogens with zero attached hydrogens (tertiary/aromatic N) is 6. The molecule has 25 heavy (non-hydrogen) atoms. The molecule has 0 N–H and O–H groups in total. The van der Waals surface area contributed by atoms with Crippen molar-refractivity contribution < 1.29 is 0 Å². The van der Waals surface area contributed by atoms with Gasteiger partial charge < -0.3 is 9.47 Å². The Morgan fingerprint density at radius 1 is 1.00 bits per heavy atom. The Hall–Kier alpha value is -1.12. The summed E-state index contributed by atoms with van der Waals surface area (Å²) in [5, 5.41) is 10.5. The van der Waals surface area contributed by atoms with Crippen LogP contribution in [0.2, 0.25) is 0 Å². The van der Waals surface area contributed by atoms with Crippen LogP contribution in [0, 0.1) is 13.8 Å². The number of likely N-dealkylation sites (tertiary alicyclic amines) is 1. The lowest BCUT2D eigenvalue weighted by Crippen LogP contribution is -2.31. The molecule has 0 spiro atoms. The number of rotatable bonds is 7. The summed E-state index contributed by atoms with van der Waals surface area (Å²) in [6, 6.07) is 1.99. The van der Waals surface area contributed by atoms with E-state index in [0.29, 0.717) is 0 Å². The molecule has 0 aliphatic carbocycles. The Morgan fingerprint density at radius 2 is 1.72 bits per heavy atom. The summed E-state index contributed by atoms with van der Waals surface area (Å²) in [5.41, 5.74) is 2.00. The average molecular weight is 379 g/mol. The van der Waals surface area contributed by atoms with Gasteiger partial charge in [-0.05, 0) is 45.8 Å². The van der Waals surface area contributed by atoms with Gasteiger partial charge in [-0.2, -0.15) is 0 Å². The number of thioether (sulfide) groups is 2. The van der Waals surface area contributed by atoms with Crippen LogP contribution in [0.1, 0.15) is 36.5 Å². The Balaban J connectivity index is 1.50. The fraction of sp³-hybridized carbons (Fsp3) is 0.647.